The van der Waals surface area contributed by atoms with Crippen molar-refractivity contribution in [1.82, 2.24) is 15.3 Å². The lowest BCUT2D eigenvalue weighted by molar-refractivity contribution is -0.117. The third-order valence-electron chi connectivity index (χ3n) is 3.78. The molecule has 0 aliphatic heterocycles. The van der Waals surface area contributed by atoms with E-state index in [1.807, 2.05) is 25.1 Å². The van der Waals surface area contributed by atoms with Gasteiger partial charge in [0.05, 0.1) is 12.2 Å². The van der Waals surface area contributed by atoms with Crippen molar-refractivity contribution < 1.29 is 13.9 Å². The maximum atomic E-state index is 12.9. The van der Waals surface area contributed by atoms with Crippen molar-refractivity contribution in [2.75, 3.05) is 0 Å². The number of carbonyl (C=O) groups excluding carboxylic acids is 1. The molecular formula is C21H18FN3O2. The highest BCUT2D eigenvalue weighted by Crippen LogP contribution is 2.22. The van der Waals surface area contributed by atoms with E-state index < -0.39 is 0 Å². The van der Waals surface area contributed by atoms with Gasteiger partial charge in [-0.3, -0.25) is 9.78 Å². The highest BCUT2D eigenvalue weighted by molar-refractivity contribution is 5.91. The topological polar surface area (TPSA) is 64.1 Å². The summed E-state index contributed by atoms with van der Waals surface area (Å²) in [7, 11) is 0. The number of amides is 1. The highest BCUT2D eigenvalue weighted by atomic mass is 19.1. The largest absolute Gasteiger partial charge is 0.437 e. The summed E-state index contributed by atoms with van der Waals surface area (Å²) in [5, 5.41) is 2.89. The minimum absolute atomic E-state index is 0.222. The molecule has 1 aromatic heterocycles. The van der Waals surface area contributed by atoms with Gasteiger partial charge in [0.2, 0.25) is 11.8 Å². The van der Waals surface area contributed by atoms with Crippen molar-refractivity contribution in [3.8, 4) is 11.6 Å². The molecule has 136 valence electrons. The lowest BCUT2D eigenvalue weighted by atomic mass is 10.1. The second kappa shape index (κ2) is 8.71. The summed E-state index contributed by atoms with van der Waals surface area (Å²) in [6, 6.07) is 13.1. The number of carbonyl (C=O) groups is 1. The standard InChI is InChI=1S/C21H18FN3O2/c1-15(25-20(26)10-7-16-5-8-18(22)9-6-16)17-3-2-4-19(13-17)27-21-14-23-11-12-24-21/h2-15H,1H3,(H,25,26)/t15-/m0/s1. The van der Waals surface area contributed by atoms with Gasteiger partial charge in [0.1, 0.15) is 11.6 Å². The first-order chi connectivity index (χ1) is 13.1. The van der Waals surface area contributed by atoms with Gasteiger partial charge in [-0.1, -0.05) is 24.3 Å². The molecule has 3 aromatic rings. The fraction of sp³-hybridized carbons (Fsp3) is 0.0952. The van der Waals surface area contributed by atoms with Crippen LogP contribution in [0, 0.1) is 5.82 Å². The number of aromatic nitrogens is 2. The van der Waals surface area contributed by atoms with Crippen LogP contribution in [0.1, 0.15) is 24.1 Å². The molecular weight excluding hydrogens is 345 g/mol. The number of benzene rings is 2. The van der Waals surface area contributed by atoms with Crippen LogP contribution in [0.3, 0.4) is 0 Å². The monoisotopic (exact) mass is 363 g/mol. The Morgan fingerprint density at radius 3 is 2.74 bits per heavy atom. The number of nitrogens with zero attached hydrogens (tertiary/aromatic N) is 2. The van der Waals surface area contributed by atoms with Crippen molar-refractivity contribution in [1.29, 1.82) is 0 Å². The van der Waals surface area contributed by atoms with Gasteiger partial charge in [-0.2, -0.15) is 0 Å². The average Bonchev–Trinajstić information content (AvgIpc) is 2.68. The quantitative estimate of drug-likeness (QED) is 0.663. The minimum atomic E-state index is -0.311. The summed E-state index contributed by atoms with van der Waals surface area (Å²) in [5.41, 5.74) is 1.64. The Labute approximate surface area is 156 Å². The molecule has 5 nitrogen and oxygen atoms in total. The third-order valence-corrected chi connectivity index (χ3v) is 3.78. The second-order valence-corrected chi connectivity index (χ2v) is 5.83. The van der Waals surface area contributed by atoms with Gasteiger partial charge in [-0.05, 0) is 48.4 Å². The molecule has 0 unspecified atom stereocenters. The molecule has 0 radical (unpaired) electrons. The Hall–Kier alpha value is -3.54. The van der Waals surface area contributed by atoms with Crippen molar-refractivity contribution in [2.45, 2.75) is 13.0 Å². The first-order valence-corrected chi connectivity index (χ1v) is 8.38. The number of halogens is 1. The SMILES string of the molecule is C[C@H](NC(=O)C=Cc1ccc(F)cc1)c1cccc(Oc2cnccn2)c1. The molecule has 0 fully saturated rings. The molecule has 1 N–H and O–H groups in total. The zero-order valence-electron chi connectivity index (χ0n) is 14.7. The van der Waals surface area contributed by atoms with E-state index in [4.69, 9.17) is 4.74 Å². The summed E-state index contributed by atoms with van der Waals surface area (Å²) in [6.07, 6.45) is 7.70. The van der Waals surface area contributed by atoms with E-state index in [0.29, 0.717) is 11.6 Å². The summed E-state index contributed by atoms with van der Waals surface area (Å²) in [4.78, 5) is 20.1. The van der Waals surface area contributed by atoms with Crippen molar-refractivity contribution in [3.63, 3.8) is 0 Å². The smallest absolute Gasteiger partial charge is 0.244 e. The molecule has 2 aromatic carbocycles. The number of rotatable bonds is 6. The molecule has 1 atom stereocenters. The first-order valence-electron chi connectivity index (χ1n) is 8.38. The van der Waals surface area contributed by atoms with E-state index in [1.165, 1.54) is 24.4 Å². The van der Waals surface area contributed by atoms with E-state index >= 15 is 0 Å². The zero-order valence-corrected chi connectivity index (χ0v) is 14.7. The average molecular weight is 363 g/mol. The number of nitrogens with one attached hydrogen (secondary N) is 1. The Balaban J connectivity index is 1.61. The molecule has 1 amide bonds. The molecule has 0 saturated carbocycles. The Morgan fingerprint density at radius 1 is 1.19 bits per heavy atom. The van der Waals surface area contributed by atoms with Gasteiger partial charge in [0, 0.05) is 18.5 Å². The molecule has 1 heterocycles. The van der Waals surface area contributed by atoms with Crippen LogP contribution in [0.2, 0.25) is 0 Å². The minimum Gasteiger partial charge on any atom is -0.437 e. The number of hydrogen-bond donors (Lipinski definition) is 1. The van der Waals surface area contributed by atoms with Crippen LogP contribution in [0.15, 0.2) is 73.2 Å². The third kappa shape index (κ3) is 5.47. The fourth-order valence-electron chi connectivity index (χ4n) is 2.40. The Bertz CT molecular complexity index is 928. The summed E-state index contributed by atoms with van der Waals surface area (Å²) < 4.78 is 18.6. The second-order valence-electron chi connectivity index (χ2n) is 5.83. The molecule has 3 rings (SSSR count). The number of hydrogen-bond acceptors (Lipinski definition) is 4. The summed E-state index contributed by atoms with van der Waals surface area (Å²) in [6.45, 7) is 1.88. The molecule has 27 heavy (non-hydrogen) atoms. The van der Waals surface area contributed by atoms with E-state index in [0.717, 1.165) is 11.1 Å². The van der Waals surface area contributed by atoms with Crippen molar-refractivity contribution in [2.24, 2.45) is 0 Å². The highest BCUT2D eigenvalue weighted by Gasteiger charge is 2.09. The van der Waals surface area contributed by atoms with Gasteiger partial charge in [-0.25, -0.2) is 9.37 Å². The fourth-order valence-corrected chi connectivity index (χ4v) is 2.40. The van der Waals surface area contributed by atoms with Gasteiger partial charge in [0.15, 0.2) is 0 Å². The van der Waals surface area contributed by atoms with Crippen LogP contribution in [-0.4, -0.2) is 15.9 Å². The molecule has 0 aliphatic rings. The van der Waals surface area contributed by atoms with E-state index in [9.17, 15) is 9.18 Å². The Morgan fingerprint density at radius 2 is 2.00 bits per heavy atom. The summed E-state index contributed by atoms with van der Waals surface area (Å²) >= 11 is 0. The van der Waals surface area contributed by atoms with Crippen LogP contribution in [0.4, 0.5) is 4.39 Å². The lowest BCUT2D eigenvalue weighted by Crippen LogP contribution is -2.24. The van der Waals surface area contributed by atoms with Gasteiger partial charge in [-0.15, -0.1) is 0 Å². The summed E-state index contributed by atoms with van der Waals surface area (Å²) in [5.74, 6) is 0.449. The van der Waals surface area contributed by atoms with E-state index in [2.05, 4.69) is 15.3 Å². The van der Waals surface area contributed by atoms with Crippen LogP contribution in [0.5, 0.6) is 11.6 Å². The van der Waals surface area contributed by atoms with Crippen LogP contribution < -0.4 is 10.1 Å². The van der Waals surface area contributed by atoms with Gasteiger partial charge >= 0.3 is 0 Å². The maximum Gasteiger partial charge on any atom is 0.244 e. The Kier molecular flexibility index (Phi) is 5.89. The van der Waals surface area contributed by atoms with Crippen molar-refractivity contribution >= 4 is 12.0 Å². The van der Waals surface area contributed by atoms with Crippen LogP contribution in [-0.2, 0) is 4.79 Å². The first kappa shape index (κ1) is 18.3. The molecule has 6 heteroatoms. The zero-order chi connectivity index (χ0) is 19.1. The predicted octanol–water partition coefficient (Wildman–Crippen LogP) is 4.30. The number of ether oxygens (including phenoxy) is 1. The molecule has 0 aliphatic carbocycles. The normalized spacial score (nSPS) is 11.9. The van der Waals surface area contributed by atoms with Crippen molar-refractivity contribution in [3.05, 3.63) is 90.1 Å². The van der Waals surface area contributed by atoms with E-state index in [1.54, 1.807) is 36.7 Å². The van der Waals surface area contributed by atoms with Gasteiger partial charge in [0.25, 0.3) is 0 Å². The lowest BCUT2D eigenvalue weighted by Gasteiger charge is -2.14. The molecule has 0 spiro atoms. The van der Waals surface area contributed by atoms with E-state index in [-0.39, 0.29) is 17.8 Å². The molecule has 0 saturated heterocycles. The van der Waals surface area contributed by atoms with Crippen LogP contribution >= 0.6 is 0 Å². The van der Waals surface area contributed by atoms with Gasteiger partial charge < -0.3 is 10.1 Å². The van der Waals surface area contributed by atoms with Crippen LogP contribution in [0.25, 0.3) is 6.08 Å². The maximum absolute atomic E-state index is 12.9. The predicted molar refractivity (Wildman–Crippen MR) is 101 cm³/mol. The molecule has 0 bridgehead atoms.